The topological polar surface area (TPSA) is 32.3 Å². The van der Waals surface area contributed by atoms with Gasteiger partial charge >= 0.3 is 0 Å². The van der Waals surface area contributed by atoms with Crippen molar-refractivity contribution < 1.29 is 4.79 Å². The van der Waals surface area contributed by atoms with E-state index in [0.717, 1.165) is 38.9 Å². The van der Waals surface area contributed by atoms with Crippen molar-refractivity contribution in [2.75, 3.05) is 19.6 Å². The molecule has 0 aromatic carbocycles. The van der Waals surface area contributed by atoms with E-state index in [1.807, 2.05) is 4.90 Å². The van der Waals surface area contributed by atoms with Crippen LogP contribution in [-0.4, -0.2) is 30.4 Å². The van der Waals surface area contributed by atoms with Crippen LogP contribution in [0.1, 0.15) is 19.3 Å². The molecule has 1 fully saturated rings. The van der Waals surface area contributed by atoms with E-state index in [9.17, 15) is 4.79 Å². The number of likely N-dealkylation sites (tertiary alicyclic amines) is 1. The maximum Gasteiger partial charge on any atom is 0.222 e. The van der Waals surface area contributed by atoms with Gasteiger partial charge in [0.15, 0.2) is 0 Å². The number of nitrogens with zero attached hydrogens (tertiary/aromatic N) is 1. The van der Waals surface area contributed by atoms with Gasteiger partial charge < -0.3 is 10.2 Å². The summed E-state index contributed by atoms with van der Waals surface area (Å²) in [5.41, 5.74) is 0. The van der Waals surface area contributed by atoms with E-state index in [1.54, 1.807) is 0 Å². The lowest BCUT2D eigenvalue weighted by atomic mass is 10.4. The lowest BCUT2D eigenvalue weighted by molar-refractivity contribution is -0.127. The lowest BCUT2D eigenvalue weighted by Gasteiger charge is -2.14. The van der Waals surface area contributed by atoms with Gasteiger partial charge in [0.2, 0.25) is 5.91 Å². The van der Waals surface area contributed by atoms with Crippen molar-refractivity contribution in [3.8, 4) is 0 Å². The molecule has 62 valence electrons. The lowest BCUT2D eigenvalue weighted by Crippen LogP contribution is -2.27. The first-order chi connectivity index (χ1) is 5.34. The smallest absolute Gasteiger partial charge is 0.222 e. The molecule has 1 heterocycles. The molecule has 3 heteroatoms. The molecule has 3 nitrogen and oxygen atoms in total. The zero-order valence-electron chi connectivity index (χ0n) is 6.68. The predicted octanol–water partition coefficient (Wildman–Crippen LogP) is 0.257. The molecule has 1 N–H and O–H groups in total. The Morgan fingerprint density at radius 2 is 2.45 bits per heavy atom. The number of amides is 1. The second kappa shape index (κ2) is 4.34. The number of carbonyl (C=O) groups excluding carboxylic acids is 1. The Kier molecular flexibility index (Phi) is 3.36. The monoisotopic (exact) mass is 154 g/mol. The summed E-state index contributed by atoms with van der Waals surface area (Å²) in [6.45, 7) is 2.57. The van der Waals surface area contributed by atoms with E-state index in [2.05, 4.69) is 5.32 Å². The third kappa shape index (κ3) is 2.50. The summed E-state index contributed by atoms with van der Waals surface area (Å²) in [7, 11) is 5.09. The third-order valence-corrected chi connectivity index (χ3v) is 1.92. The van der Waals surface area contributed by atoms with Crippen molar-refractivity contribution in [2.24, 2.45) is 0 Å². The zero-order chi connectivity index (χ0) is 8.10. The molecule has 1 saturated heterocycles. The van der Waals surface area contributed by atoms with Crippen LogP contribution in [0.3, 0.4) is 0 Å². The molecule has 0 spiro atoms. The Balaban J connectivity index is 2.10. The molecule has 0 aliphatic carbocycles. The van der Waals surface area contributed by atoms with Crippen LogP contribution in [0.4, 0.5) is 0 Å². The molecule has 1 rings (SSSR count). The molecule has 0 aromatic rings. The number of rotatable bonds is 4. The maximum absolute atomic E-state index is 11.0. The van der Waals surface area contributed by atoms with Gasteiger partial charge in [-0.05, 0) is 19.4 Å². The fourth-order valence-electron chi connectivity index (χ4n) is 1.31. The summed E-state index contributed by atoms with van der Waals surface area (Å²) in [6.07, 6.45) is 2.70. The quantitative estimate of drug-likeness (QED) is 0.465. The summed E-state index contributed by atoms with van der Waals surface area (Å²) < 4.78 is 0. The van der Waals surface area contributed by atoms with Crippen LogP contribution in [0.5, 0.6) is 0 Å². The minimum absolute atomic E-state index is 0.294. The highest BCUT2D eigenvalue weighted by Gasteiger charge is 2.18. The highest BCUT2D eigenvalue weighted by Crippen LogP contribution is 2.08. The standard InChI is InChI=1S/C8H14N2O/c1-9-5-3-7-10-6-2-4-8(10)11/h1,9H,2-7H2. The Morgan fingerprint density at radius 3 is 3.00 bits per heavy atom. The van der Waals surface area contributed by atoms with Crippen molar-refractivity contribution in [3.05, 3.63) is 7.05 Å². The predicted molar refractivity (Wildman–Crippen MR) is 42.7 cm³/mol. The van der Waals surface area contributed by atoms with Crippen LogP contribution in [0.15, 0.2) is 0 Å². The molecular formula is C8H14N2O. The van der Waals surface area contributed by atoms with Gasteiger partial charge in [0.1, 0.15) is 0 Å². The van der Waals surface area contributed by atoms with E-state index in [-0.39, 0.29) is 0 Å². The van der Waals surface area contributed by atoms with Crippen LogP contribution in [-0.2, 0) is 4.79 Å². The fourth-order valence-corrected chi connectivity index (χ4v) is 1.31. The minimum atomic E-state index is 0.294. The molecule has 1 amide bonds. The van der Waals surface area contributed by atoms with E-state index in [1.165, 1.54) is 0 Å². The van der Waals surface area contributed by atoms with Gasteiger partial charge in [0.05, 0.1) is 0 Å². The molecule has 1 aliphatic rings. The van der Waals surface area contributed by atoms with Gasteiger partial charge in [0, 0.05) is 26.6 Å². The van der Waals surface area contributed by atoms with Crippen LogP contribution < -0.4 is 5.32 Å². The van der Waals surface area contributed by atoms with Crippen molar-refractivity contribution in [2.45, 2.75) is 19.3 Å². The normalized spacial score (nSPS) is 17.9. The van der Waals surface area contributed by atoms with Crippen LogP contribution in [0, 0.1) is 7.05 Å². The SMILES string of the molecule is [CH]NCCCN1CCCC1=O. The number of nitrogens with one attached hydrogen (secondary N) is 1. The number of carbonyl (C=O) groups is 1. The van der Waals surface area contributed by atoms with Crippen LogP contribution in [0.25, 0.3) is 0 Å². The molecule has 0 unspecified atom stereocenters. The Morgan fingerprint density at radius 1 is 1.64 bits per heavy atom. The third-order valence-electron chi connectivity index (χ3n) is 1.92. The van der Waals surface area contributed by atoms with Crippen LogP contribution >= 0.6 is 0 Å². The van der Waals surface area contributed by atoms with Crippen molar-refractivity contribution in [3.63, 3.8) is 0 Å². The summed E-state index contributed by atoms with van der Waals surface area (Å²) in [6, 6.07) is 0. The van der Waals surface area contributed by atoms with E-state index < -0.39 is 0 Å². The van der Waals surface area contributed by atoms with Crippen molar-refractivity contribution >= 4 is 5.91 Å². The molecule has 0 saturated carbocycles. The highest BCUT2D eigenvalue weighted by molar-refractivity contribution is 5.77. The van der Waals surface area contributed by atoms with E-state index in [4.69, 9.17) is 7.05 Å². The van der Waals surface area contributed by atoms with E-state index in [0.29, 0.717) is 5.91 Å². The van der Waals surface area contributed by atoms with Gasteiger partial charge in [-0.1, -0.05) is 0 Å². The first kappa shape index (κ1) is 8.53. The molecule has 11 heavy (non-hydrogen) atoms. The Bertz CT molecular complexity index is 136. The van der Waals surface area contributed by atoms with Gasteiger partial charge in [0.25, 0.3) is 0 Å². The molecule has 0 atom stereocenters. The number of hydrogen-bond donors (Lipinski definition) is 1. The second-order valence-electron chi connectivity index (χ2n) is 2.79. The second-order valence-corrected chi connectivity index (χ2v) is 2.79. The fraction of sp³-hybridized carbons (Fsp3) is 0.750. The average molecular weight is 154 g/mol. The summed E-state index contributed by atoms with van der Waals surface area (Å²) in [5, 5.41) is 2.57. The molecule has 1 aliphatic heterocycles. The first-order valence-corrected chi connectivity index (χ1v) is 4.06. The van der Waals surface area contributed by atoms with Crippen molar-refractivity contribution in [1.82, 2.24) is 10.2 Å². The van der Waals surface area contributed by atoms with Crippen molar-refractivity contribution in [1.29, 1.82) is 0 Å². The van der Waals surface area contributed by atoms with Crippen LogP contribution in [0.2, 0.25) is 0 Å². The maximum atomic E-state index is 11.0. The summed E-state index contributed by atoms with van der Waals surface area (Å²) in [5.74, 6) is 0.294. The Labute approximate surface area is 67.8 Å². The first-order valence-electron chi connectivity index (χ1n) is 4.06. The van der Waals surface area contributed by atoms with Gasteiger partial charge in [-0.25, -0.2) is 0 Å². The summed E-state index contributed by atoms with van der Waals surface area (Å²) in [4.78, 5) is 12.9. The van der Waals surface area contributed by atoms with Gasteiger partial charge in [-0.15, -0.1) is 0 Å². The van der Waals surface area contributed by atoms with E-state index >= 15 is 0 Å². The minimum Gasteiger partial charge on any atom is -0.343 e. The number of hydrogen-bond acceptors (Lipinski definition) is 2. The Hall–Kier alpha value is -0.570. The van der Waals surface area contributed by atoms with Gasteiger partial charge in [-0.3, -0.25) is 4.79 Å². The summed E-state index contributed by atoms with van der Waals surface area (Å²) >= 11 is 0. The van der Waals surface area contributed by atoms with Gasteiger partial charge in [-0.2, -0.15) is 0 Å². The molecule has 2 radical (unpaired) electrons. The largest absolute Gasteiger partial charge is 0.343 e. The highest BCUT2D eigenvalue weighted by atomic mass is 16.2. The molecule has 0 aromatic heterocycles. The molecular weight excluding hydrogens is 140 g/mol. The zero-order valence-corrected chi connectivity index (χ0v) is 6.68. The average Bonchev–Trinajstić information content (AvgIpc) is 2.37. The molecule has 0 bridgehead atoms.